The summed E-state index contributed by atoms with van der Waals surface area (Å²) < 4.78 is 0. The molecular formula is C16H18Cl2N2O. The lowest BCUT2D eigenvalue weighted by Gasteiger charge is -2.20. The highest BCUT2D eigenvalue weighted by Crippen LogP contribution is 2.28. The average molecular weight is 325 g/mol. The largest absolute Gasteiger partial charge is 0.387 e. The first-order valence-electron chi connectivity index (χ1n) is 6.62. The monoisotopic (exact) mass is 324 g/mol. The van der Waals surface area contributed by atoms with Gasteiger partial charge in [0.25, 0.3) is 0 Å². The van der Waals surface area contributed by atoms with Crippen molar-refractivity contribution < 1.29 is 5.11 Å². The summed E-state index contributed by atoms with van der Waals surface area (Å²) in [5.41, 5.74) is 2.64. The molecule has 0 saturated carbocycles. The summed E-state index contributed by atoms with van der Waals surface area (Å²) in [6.07, 6.45) is -0.730. The van der Waals surface area contributed by atoms with E-state index in [1.165, 1.54) is 0 Å². The standard InChI is InChI=1S/C16H18Cl2N2O/c1-20(2)15-6-4-3-5-14(15)19-10-16(21)12-9-11(17)7-8-13(12)18/h3-9,16,19,21H,10H2,1-2H3. The summed E-state index contributed by atoms with van der Waals surface area (Å²) in [7, 11) is 3.95. The van der Waals surface area contributed by atoms with E-state index in [4.69, 9.17) is 23.2 Å². The quantitative estimate of drug-likeness (QED) is 0.865. The van der Waals surface area contributed by atoms with Crippen LogP contribution in [0.3, 0.4) is 0 Å². The Labute approximate surface area is 135 Å². The molecule has 2 aromatic carbocycles. The molecule has 21 heavy (non-hydrogen) atoms. The molecular weight excluding hydrogens is 307 g/mol. The van der Waals surface area contributed by atoms with E-state index in [0.717, 1.165) is 11.4 Å². The van der Waals surface area contributed by atoms with Crippen molar-refractivity contribution in [3.63, 3.8) is 0 Å². The molecule has 0 aromatic heterocycles. The summed E-state index contributed by atoms with van der Waals surface area (Å²) in [6.45, 7) is 0.352. The van der Waals surface area contributed by atoms with Crippen LogP contribution in [-0.2, 0) is 0 Å². The summed E-state index contributed by atoms with van der Waals surface area (Å²) in [5, 5.41) is 14.6. The first-order chi connectivity index (χ1) is 9.99. The maximum atomic E-state index is 10.3. The molecule has 0 bridgehead atoms. The molecule has 0 fully saturated rings. The molecule has 112 valence electrons. The van der Waals surface area contributed by atoms with Crippen molar-refractivity contribution in [3.05, 3.63) is 58.1 Å². The van der Waals surface area contributed by atoms with Gasteiger partial charge in [-0.2, -0.15) is 0 Å². The number of aliphatic hydroxyl groups excluding tert-OH is 1. The zero-order chi connectivity index (χ0) is 15.4. The molecule has 0 aliphatic carbocycles. The molecule has 0 aliphatic rings. The van der Waals surface area contributed by atoms with E-state index >= 15 is 0 Å². The van der Waals surface area contributed by atoms with E-state index in [9.17, 15) is 5.11 Å². The molecule has 0 radical (unpaired) electrons. The maximum absolute atomic E-state index is 10.3. The van der Waals surface area contributed by atoms with Gasteiger partial charge in [-0.25, -0.2) is 0 Å². The molecule has 0 saturated heterocycles. The van der Waals surface area contributed by atoms with Crippen LogP contribution in [-0.4, -0.2) is 25.7 Å². The number of para-hydroxylation sites is 2. The average Bonchev–Trinajstić information content (AvgIpc) is 2.47. The predicted molar refractivity (Wildman–Crippen MR) is 90.7 cm³/mol. The molecule has 0 heterocycles. The fourth-order valence-corrected chi connectivity index (χ4v) is 2.52. The van der Waals surface area contributed by atoms with E-state index in [1.807, 2.05) is 43.3 Å². The van der Waals surface area contributed by atoms with Gasteiger partial charge in [-0.15, -0.1) is 0 Å². The fourth-order valence-electron chi connectivity index (χ4n) is 2.10. The minimum Gasteiger partial charge on any atom is -0.387 e. The van der Waals surface area contributed by atoms with Crippen LogP contribution < -0.4 is 10.2 Å². The maximum Gasteiger partial charge on any atom is 0.0977 e. The number of nitrogens with one attached hydrogen (secondary N) is 1. The number of nitrogens with zero attached hydrogens (tertiary/aromatic N) is 1. The lowest BCUT2D eigenvalue weighted by atomic mass is 10.1. The van der Waals surface area contributed by atoms with Crippen LogP contribution in [0.15, 0.2) is 42.5 Å². The molecule has 2 N–H and O–H groups in total. The van der Waals surface area contributed by atoms with Crippen LogP contribution in [0.5, 0.6) is 0 Å². The molecule has 0 amide bonds. The number of hydrogen-bond donors (Lipinski definition) is 2. The Kier molecular flexibility index (Phi) is 5.34. The van der Waals surface area contributed by atoms with E-state index in [-0.39, 0.29) is 0 Å². The van der Waals surface area contributed by atoms with Crippen LogP contribution in [0.2, 0.25) is 10.0 Å². The Morgan fingerprint density at radius 1 is 1.14 bits per heavy atom. The van der Waals surface area contributed by atoms with Crippen molar-refractivity contribution in [2.75, 3.05) is 30.9 Å². The number of halogens is 2. The van der Waals surface area contributed by atoms with Gasteiger partial charge in [0.2, 0.25) is 0 Å². The molecule has 2 rings (SSSR count). The third-order valence-electron chi connectivity index (χ3n) is 3.19. The van der Waals surface area contributed by atoms with Gasteiger partial charge in [-0.3, -0.25) is 0 Å². The lowest BCUT2D eigenvalue weighted by molar-refractivity contribution is 0.192. The third kappa shape index (κ3) is 4.03. The number of anilines is 2. The van der Waals surface area contributed by atoms with Crippen molar-refractivity contribution in [1.29, 1.82) is 0 Å². The Morgan fingerprint density at radius 3 is 2.57 bits per heavy atom. The molecule has 2 aromatic rings. The zero-order valence-electron chi connectivity index (χ0n) is 12.0. The second-order valence-corrected chi connectivity index (χ2v) is 5.82. The van der Waals surface area contributed by atoms with Crippen LogP contribution >= 0.6 is 23.2 Å². The Balaban J connectivity index is 2.11. The first kappa shape index (κ1) is 16.0. The topological polar surface area (TPSA) is 35.5 Å². The van der Waals surface area contributed by atoms with Crippen molar-refractivity contribution in [3.8, 4) is 0 Å². The van der Waals surface area contributed by atoms with E-state index in [2.05, 4.69) is 5.32 Å². The second kappa shape index (κ2) is 7.03. The number of aliphatic hydroxyl groups is 1. The Bertz CT molecular complexity index is 617. The van der Waals surface area contributed by atoms with Gasteiger partial charge in [0.05, 0.1) is 17.5 Å². The molecule has 0 aliphatic heterocycles. The summed E-state index contributed by atoms with van der Waals surface area (Å²) in [6, 6.07) is 13.0. The molecule has 5 heteroatoms. The smallest absolute Gasteiger partial charge is 0.0977 e. The van der Waals surface area contributed by atoms with Gasteiger partial charge < -0.3 is 15.3 Å². The lowest BCUT2D eigenvalue weighted by Crippen LogP contribution is -2.16. The van der Waals surface area contributed by atoms with Gasteiger partial charge in [0.1, 0.15) is 0 Å². The number of rotatable bonds is 5. The number of benzene rings is 2. The van der Waals surface area contributed by atoms with E-state index in [1.54, 1.807) is 18.2 Å². The predicted octanol–water partition coefficient (Wildman–Crippen LogP) is 4.20. The first-order valence-corrected chi connectivity index (χ1v) is 7.38. The van der Waals surface area contributed by atoms with Crippen LogP contribution in [0.4, 0.5) is 11.4 Å². The molecule has 3 nitrogen and oxygen atoms in total. The van der Waals surface area contributed by atoms with Gasteiger partial charge in [0.15, 0.2) is 0 Å². The van der Waals surface area contributed by atoms with E-state index in [0.29, 0.717) is 22.2 Å². The molecule has 1 atom stereocenters. The zero-order valence-corrected chi connectivity index (χ0v) is 13.5. The third-order valence-corrected chi connectivity index (χ3v) is 3.77. The summed E-state index contributed by atoms with van der Waals surface area (Å²) in [4.78, 5) is 2.01. The van der Waals surface area contributed by atoms with Crippen molar-refractivity contribution >= 4 is 34.6 Å². The van der Waals surface area contributed by atoms with Gasteiger partial charge in [-0.1, -0.05) is 35.3 Å². The normalized spacial score (nSPS) is 12.0. The van der Waals surface area contributed by atoms with Crippen LogP contribution in [0.25, 0.3) is 0 Å². The molecule has 0 spiro atoms. The summed E-state index contributed by atoms with van der Waals surface area (Å²) in [5.74, 6) is 0. The van der Waals surface area contributed by atoms with Crippen LogP contribution in [0.1, 0.15) is 11.7 Å². The fraction of sp³-hybridized carbons (Fsp3) is 0.250. The highest BCUT2D eigenvalue weighted by molar-refractivity contribution is 6.33. The van der Waals surface area contributed by atoms with Crippen molar-refractivity contribution in [2.24, 2.45) is 0 Å². The van der Waals surface area contributed by atoms with Crippen molar-refractivity contribution in [2.45, 2.75) is 6.10 Å². The second-order valence-electron chi connectivity index (χ2n) is 4.97. The Hall–Kier alpha value is -1.42. The Morgan fingerprint density at radius 2 is 1.86 bits per heavy atom. The SMILES string of the molecule is CN(C)c1ccccc1NCC(O)c1cc(Cl)ccc1Cl. The minimum absolute atomic E-state index is 0.352. The van der Waals surface area contributed by atoms with Gasteiger partial charge in [-0.05, 0) is 30.3 Å². The van der Waals surface area contributed by atoms with Gasteiger partial charge in [0, 0.05) is 36.2 Å². The number of hydrogen-bond acceptors (Lipinski definition) is 3. The molecule has 1 unspecified atom stereocenters. The minimum atomic E-state index is -0.730. The van der Waals surface area contributed by atoms with Gasteiger partial charge >= 0.3 is 0 Å². The van der Waals surface area contributed by atoms with Crippen molar-refractivity contribution in [1.82, 2.24) is 0 Å². The highest BCUT2D eigenvalue weighted by Gasteiger charge is 2.13. The van der Waals surface area contributed by atoms with E-state index < -0.39 is 6.10 Å². The van der Waals surface area contributed by atoms with Crippen LogP contribution in [0, 0.1) is 0 Å². The summed E-state index contributed by atoms with van der Waals surface area (Å²) >= 11 is 12.0. The highest BCUT2D eigenvalue weighted by atomic mass is 35.5.